The molecule has 0 aromatic heterocycles. The van der Waals surface area contributed by atoms with Crippen molar-refractivity contribution in [1.82, 2.24) is 10.2 Å². The average Bonchev–Trinajstić information content (AvgIpc) is 2.74. The molecule has 1 atom stereocenters. The van der Waals surface area contributed by atoms with Crippen LogP contribution in [0.5, 0.6) is 11.5 Å². The van der Waals surface area contributed by atoms with Crippen LogP contribution in [0, 0.1) is 11.8 Å². The average molecular weight is 463 g/mol. The van der Waals surface area contributed by atoms with E-state index < -0.39 is 6.04 Å². The molecule has 3 N–H and O–H groups in total. The van der Waals surface area contributed by atoms with Crippen molar-refractivity contribution >= 4 is 17.6 Å². The van der Waals surface area contributed by atoms with E-state index in [2.05, 4.69) is 36.1 Å². The number of carbonyl (C=O) groups is 2. The molecule has 0 aliphatic carbocycles. The van der Waals surface area contributed by atoms with E-state index in [1.54, 1.807) is 32.4 Å². The standard InChI is InChI=1S/C24H38N4O4.CH4/c1-16(2)12-19(20(29)13-17-8-10-28(3)11-9-17)26-24(25)27-23(30)15-18-6-7-21(31-4)22(14-18)32-5;/h6-7,14,16-17,19H,8-13,15H2,1-5H3,(H3,25,26,27,30);1H4/t19-;/m1./s1. The topological polar surface area (TPSA) is 106 Å². The quantitative estimate of drug-likeness (QED) is 0.409. The lowest BCUT2D eigenvalue weighted by Gasteiger charge is -2.29. The lowest BCUT2D eigenvalue weighted by Crippen LogP contribution is -2.40. The molecule has 1 amide bonds. The number of hydrogen-bond acceptors (Lipinski definition) is 6. The van der Waals surface area contributed by atoms with Gasteiger partial charge in [-0.3, -0.25) is 14.9 Å². The summed E-state index contributed by atoms with van der Waals surface area (Å²) in [5.41, 5.74) is 6.76. The molecule has 186 valence electrons. The number of guanidine groups is 1. The molecule has 1 heterocycles. The summed E-state index contributed by atoms with van der Waals surface area (Å²) in [4.78, 5) is 32.1. The first-order valence-corrected chi connectivity index (χ1v) is 11.3. The Morgan fingerprint density at radius 2 is 1.82 bits per heavy atom. The number of nitrogens with zero attached hydrogens (tertiary/aromatic N) is 2. The summed E-state index contributed by atoms with van der Waals surface area (Å²) in [6.07, 6.45) is 3.28. The van der Waals surface area contributed by atoms with Crippen molar-refractivity contribution in [2.45, 2.75) is 59.4 Å². The van der Waals surface area contributed by atoms with Gasteiger partial charge < -0.3 is 20.1 Å². The van der Waals surface area contributed by atoms with Crippen LogP contribution in [0.25, 0.3) is 0 Å². The lowest BCUT2D eigenvalue weighted by atomic mass is 9.88. The predicted octanol–water partition coefficient (Wildman–Crippen LogP) is 3.03. The van der Waals surface area contributed by atoms with Gasteiger partial charge in [0.1, 0.15) is 6.04 Å². The fourth-order valence-corrected chi connectivity index (χ4v) is 3.95. The van der Waals surface area contributed by atoms with Crippen LogP contribution < -0.4 is 20.5 Å². The van der Waals surface area contributed by atoms with Gasteiger partial charge in [0.2, 0.25) is 5.91 Å². The minimum absolute atomic E-state index is 0. The first kappa shape index (κ1) is 28.4. The second kappa shape index (κ2) is 13.8. The van der Waals surface area contributed by atoms with Gasteiger partial charge >= 0.3 is 0 Å². The predicted molar refractivity (Wildman–Crippen MR) is 133 cm³/mol. The Kier molecular flexibility index (Phi) is 11.9. The van der Waals surface area contributed by atoms with E-state index >= 15 is 0 Å². The zero-order valence-corrected chi connectivity index (χ0v) is 20.0. The second-order valence-corrected chi connectivity index (χ2v) is 8.99. The molecule has 1 aromatic rings. The Bertz CT molecular complexity index is 802. The van der Waals surface area contributed by atoms with Gasteiger partial charge in [0.25, 0.3) is 0 Å². The lowest BCUT2D eigenvalue weighted by molar-refractivity contribution is -0.122. The number of nitrogens with two attached hydrogens (primary N) is 1. The number of piperidine rings is 1. The molecule has 8 heteroatoms. The first-order valence-electron chi connectivity index (χ1n) is 11.3. The number of carbonyl (C=O) groups excluding carboxylic acids is 2. The van der Waals surface area contributed by atoms with Gasteiger partial charge in [-0.25, -0.2) is 4.99 Å². The zero-order chi connectivity index (χ0) is 23.7. The highest BCUT2D eigenvalue weighted by atomic mass is 16.5. The van der Waals surface area contributed by atoms with E-state index in [1.165, 1.54) is 0 Å². The molecular formula is C25H42N4O4. The van der Waals surface area contributed by atoms with E-state index in [-0.39, 0.29) is 31.5 Å². The van der Waals surface area contributed by atoms with Crippen LogP contribution in [0.15, 0.2) is 23.2 Å². The third-order valence-corrected chi connectivity index (χ3v) is 5.77. The summed E-state index contributed by atoms with van der Waals surface area (Å²) in [6.45, 7) is 6.14. The molecule has 1 saturated heterocycles. The van der Waals surface area contributed by atoms with Gasteiger partial charge in [0, 0.05) is 6.42 Å². The SMILES string of the molecule is C.COc1ccc(CC(=O)NC(N)=N[C@H](CC(C)C)C(=O)CC2CCN(C)CC2)cc1OC. The summed E-state index contributed by atoms with van der Waals surface area (Å²) in [7, 11) is 5.21. The highest BCUT2D eigenvalue weighted by Crippen LogP contribution is 2.27. The van der Waals surface area contributed by atoms with Gasteiger partial charge in [0.05, 0.1) is 20.6 Å². The highest BCUT2D eigenvalue weighted by Gasteiger charge is 2.25. The van der Waals surface area contributed by atoms with Gasteiger partial charge in [0.15, 0.2) is 23.2 Å². The molecule has 8 nitrogen and oxygen atoms in total. The van der Waals surface area contributed by atoms with Crippen molar-refractivity contribution in [3.63, 3.8) is 0 Å². The number of ketones is 1. The van der Waals surface area contributed by atoms with Crippen molar-refractivity contribution < 1.29 is 19.1 Å². The Morgan fingerprint density at radius 3 is 2.39 bits per heavy atom. The molecule has 33 heavy (non-hydrogen) atoms. The third kappa shape index (κ3) is 9.42. The number of nitrogens with one attached hydrogen (secondary N) is 1. The summed E-state index contributed by atoms with van der Waals surface area (Å²) < 4.78 is 10.5. The number of ether oxygens (including phenoxy) is 2. The highest BCUT2D eigenvalue weighted by molar-refractivity contribution is 5.98. The van der Waals surface area contributed by atoms with Crippen LogP contribution in [0.4, 0.5) is 0 Å². The van der Waals surface area contributed by atoms with Crippen LogP contribution in [0.3, 0.4) is 0 Å². The number of hydrogen-bond donors (Lipinski definition) is 2. The molecule has 1 aromatic carbocycles. The molecule has 2 rings (SSSR count). The minimum Gasteiger partial charge on any atom is -0.493 e. The summed E-state index contributed by atoms with van der Waals surface area (Å²) in [5, 5.41) is 2.62. The number of methoxy groups -OCH3 is 2. The normalized spacial score (nSPS) is 16.1. The van der Waals surface area contributed by atoms with E-state index in [0.717, 1.165) is 31.5 Å². The molecule has 1 aliphatic rings. The number of Topliss-reactive ketones (excluding diaryl/α,β-unsaturated/α-hetero) is 1. The largest absolute Gasteiger partial charge is 0.493 e. The molecule has 0 saturated carbocycles. The van der Waals surface area contributed by atoms with E-state index in [1.807, 2.05) is 0 Å². The van der Waals surface area contributed by atoms with Gasteiger partial charge in [-0.15, -0.1) is 0 Å². The number of aliphatic imine (C=N–C) groups is 1. The van der Waals surface area contributed by atoms with Crippen LogP contribution in [0.2, 0.25) is 0 Å². The van der Waals surface area contributed by atoms with Crippen LogP contribution in [-0.4, -0.2) is 62.9 Å². The maximum atomic E-state index is 13.0. The summed E-state index contributed by atoms with van der Waals surface area (Å²) in [6, 6.07) is 4.76. The van der Waals surface area contributed by atoms with Crippen molar-refractivity contribution in [3.8, 4) is 11.5 Å². The Labute approximate surface area is 198 Å². The Morgan fingerprint density at radius 1 is 1.18 bits per heavy atom. The number of amides is 1. The Hall–Kier alpha value is -2.61. The van der Waals surface area contributed by atoms with Crippen LogP contribution in [-0.2, 0) is 16.0 Å². The molecule has 1 aliphatic heterocycles. The first-order chi connectivity index (χ1) is 15.2. The van der Waals surface area contributed by atoms with Crippen LogP contribution >= 0.6 is 0 Å². The smallest absolute Gasteiger partial charge is 0.231 e. The van der Waals surface area contributed by atoms with E-state index in [4.69, 9.17) is 15.2 Å². The van der Waals surface area contributed by atoms with Crippen molar-refractivity contribution in [1.29, 1.82) is 0 Å². The third-order valence-electron chi connectivity index (χ3n) is 5.77. The monoisotopic (exact) mass is 462 g/mol. The second-order valence-electron chi connectivity index (χ2n) is 8.99. The summed E-state index contributed by atoms with van der Waals surface area (Å²) >= 11 is 0. The van der Waals surface area contributed by atoms with E-state index in [9.17, 15) is 9.59 Å². The van der Waals surface area contributed by atoms with Gasteiger partial charge in [-0.05, 0) is 68.9 Å². The van der Waals surface area contributed by atoms with Crippen molar-refractivity contribution in [3.05, 3.63) is 23.8 Å². The number of benzene rings is 1. The van der Waals surface area contributed by atoms with Crippen LogP contribution in [0.1, 0.15) is 52.5 Å². The van der Waals surface area contributed by atoms with E-state index in [0.29, 0.717) is 36.2 Å². The Balaban J connectivity index is 0.00000544. The molecule has 0 bridgehead atoms. The number of likely N-dealkylation sites (tertiary alicyclic amines) is 1. The van der Waals surface area contributed by atoms with Crippen molar-refractivity contribution in [2.75, 3.05) is 34.4 Å². The molecule has 0 unspecified atom stereocenters. The fraction of sp³-hybridized carbons (Fsp3) is 0.640. The van der Waals surface area contributed by atoms with Gasteiger partial charge in [-0.2, -0.15) is 0 Å². The molecule has 1 fully saturated rings. The molecular weight excluding hydrogens is 420 g/mol. The molecule has 0 radical (unpaired) electrons. The molecule has 0 spiro atoms. The fourth-order valence-electron chi connectivity index (χ4n) is 3.95. The van der Waals surface area contributed by atoms with Gasteiger partial charge in [-0.1, -0.05) is 27.3 Å². The van der Waals surface area contributed by atoms with Crippen molar-refractivity contribution in [2.24, 2.45) is 22.6 Å². The number of rotatable bonds is 10. The minimum atomic E-state index is -0.531. The maximum Gasteiger partial charge on any atom is 0.231 e. The maximum absolute atomic E-state index is 13.0. The summed E-state index contributed by atoms with van der Waals surface area (Å²) in [5.74, 6) is 1.62. The zero-order valence-electron chi connectivity index (χ0n) is 20.0.